The zero-order valence-electron chi connectivity index (χ0n) is 16.0. The Balaban J connectivity index is 1.47. The number of pyridine rings is 1. The van der Waals surface area contributed by atoms with E-state index >= 15 is 0 Å². The highest BCUT2D eigenvalue weighted by Gasteiger charge is 2.15. The van der Waals surface area contributed by atoms with Crippen molar-refractivity contribution in [1.82, 2.24) is 4.98 Å². The SMILES string of the molecule is CN(C(=O)c1cc(Nc2ccc(N3CCCC3)cc2)ccn1)c1ccccc1. The van der Waals surface area contributed by atoms with Crippen LogP contribution in [-0.2, 0) is 0 Å². The predicted octanol–water partition coefficient (Wildman–Crippen LogP) is 4.70. The van der Waals surface area contributed by atoms with Crippen molar-refractivity contribution in [2.45, 2.75) is 12.8 Å². The van der Waals surface area contributed by atoms with Crippen LogP contribution in [0.5, 0.6) is 0 Å². The second kappa shape index (κ2) is 8.13. The summed E-state index contributed by atoms with van der Waals surface area (Å²) in [4.78, 5) is 21.0. The van der Waals surface area contributed by atoms with Crippen molar-refractivity contribution in [1.29, 1.82) is 0 Å². The molecule has 0 spiro atoms. The zero-order chi connectivity index (χ0) is 19.3. The number of nitrogens with zero attached hydrogens (tertiary/aromatic N) is 3. The maximum atomic E-state index is 12.8. The van der Waals surface area contributed by atoms with E-state index in [0.29, 0.717) is 5.69 Å². The average molecular weight is 372 g/mol. The van der Waals surface area contributed by atoms with E-state index in [1.807, 2.05) is 36.4 Å². The van der Waals surface area contributed by atoms with E-state index in [0.717, 1.165) is 30.2 Å². The number of benzene rings is 2. The lowest BCUT2D eigenvalue weighted by Crippen LogP contribution is -2.27. The number of hydrogen-bond acceptors (Lipinski definition) is 4. The summed E-state index contributed by atoms with van der Waals surface area (Å²) in [5.74, 6) is -0.140. The summed E-state index contributed by atoms with van der Waals surface area (Å²) in [5.41, 5.74) is 4.34. The van der Waals surface area contributed by atoms with Gasteiger partial charge < -0.3 is 15.1 Å². The molecule has 3 aromatic rings. The molecule has 1 aliphatic rings. The Hall–Kier alpha value is -3.34. The molecule has 5 nitrogen and oxygen atoms in total. The van der Waals surface area contributed by atoms with Gasteiger partial charge in [0.05, 0.1) is 0 Å². The van der Waals surface area contributed by atoms with Gasteiger partial charge in [-0.25, -0.2) is 0 Å². The first-order valence-corrected chi connectivity index (χ1v) is 9.62. The van der Waals surface area contributed by atoms with Crippen LogP contribution in [0.3, 0.4) is 0 Å². The minimum Gasteiger partial charge on any atom is -0.372 e. The fraction of sp³-hybridized carbons (Fsp3) is 0.217. The number of rotatable bonds is 5. The van der Waals surface area contributed by atoms with Gasteiger partial charge in [-0.15, -0.1) is 0 Å². The third-order valence-corrected chi connectivity index (χ3v) is 5.05. The van der Waals surface area contributed by atoms with E-state index in [4.69, 9.17) is 0 Å². The monoisotopic (exact) mass is 372 g/mol. The standard InChI is InChI=1S/C23H24N4O/c1-26(20-7-3-2-4-8-20)23(28)22-17-19(13-14-24-22)25-18-9-11-21(12-10-18)27-15-5-6-16-27/h2-4,7-14,17H,5-6,15-16H2,1H3,(H,24,25). The fourth-order valence-electron chi connectivity index (χ4n) is 3.46. The molecule has 0 saturated carbocycles. The lowest BCUT2D eigenvalue weighted by Gasteiger charge is -2.18. The van der Waals surface area contributed by atoms with Crippen molar-refractivity contribution in [3.05, 3.63) is 78.6 Å². The van der Waals surface area contributed by atoms with Gasteiger partial charge in [-0.2, -0.15) is 0 Å². The lowest BCUT2D eigenvalue weighted by molar-refractivity contribution is 0.0988. The van der Waals surface area contributed by atoms with E-state index in [-0.39, 0.29) is 5.91 Å². The minimum atomic E-state index is -0.140. The molecule has 1 aliphatic heterocycles. The van der Waals surface area contributed by atoms with Crippen LogP contribution in [0.1, 0.15) is 23.3 Å². The molecular weight excluding hydrogens is 348 g/mol. The fourth-order valence-corrected chi connectivity index (χ4v) is 3.46. The second-order valence-corrected chi connectivity index (χ2v) is 7.00. The van der Waals surface area contributed by atoms with Crippen LogP contribution in [0, 0.1) is 0 Å². The third kappa shape index (κ3) is 3.98. The summed E-state index contributed by atoms with van der Waals surface area (Å²) < 4.78 is 0. The summed E-state index contributed by atoms with van der Waals surface area (Å²) in [5, 5.41) is 3.37. The van der Waals surface area contributed by atoms with Crippen molar-refractivity contribution in [3.8, 4) is 0 Å². The van der Waals surface area contributed by atoms with Gasteiger partial charge in [0.1, 0.15) is 5.69 Å². The molecule has 1 amide bonds. The third-order valence-electron chi connectivity index (χ3n) is 5.05. The van der Waals surface area contributed by atoms with Crippen molar-refractivity contribution < 1.29 is 4.79 Å². The number of para-hydroxylation sites is 1. The van der Waals surface area contributed by atoms with E-state index < -0.39 is 0 Å². The lowest BCUT2D eigenvalue weighted by atomic mass is 10.2. The van der Waals surface area contributed by atoms with Crippen LogP contribution in [0.2, 0.25) is 0 Å². The normalized spacial score (nSPS) is 13.4. The molecule has 1 aromatic heterocycles. The van der Waals surface area contributed by atoms with Crippen LogP contribution < -0.4 is 15.1 Å². The summed E-state index contributed by atoms with van der Waals surface area (Å²) in [6.07, 6.45) is 4.20. The Bertz CT molecular complexity index is 934. The Labute approximate surface area is 165 Å². The quantitative estimate of drug-likeness (QED) is 0.705. The molecule has 142 valence electrons. The van der Waals surface area contributed by atoms with Crippen molar-refractivity contribution in [2.75, 3.05) is 35.3 Å². The number of anilines is 4. The van der Waals surface area contributed by atoms with Crippen molar-refractivity contribution in [3.63, 3.8) is 0 Å². The topological polar surface area (TPSA) is 48.5 Å². The Morgan fingerprint density at radius 2 is 1.68 bits per heavy atom. The number of hydrogen-bond donors (Lipinski definition) is 1. The summed E-state index contributed by atoms with van der Waals surface area (Å²) >= 11 is 0. The molecular formula is C23H24N4O. The van der Waals surface area contributed by atoms with Gasteiger partial charge in [-0.3, -0.25) is 9.78 Å². The number of carbonyl (C=O) groups excluding carboxylic acids is 1. The van der Waals surface area contributed by atoms with Crippen LogP contribution in [0.15, 0.2) is 72.9 Å². The second-order valence-electron chi connectivity index (χ2n) is 7.00. The highest BCUT2D eigenvalue weighted by atomic mass is 16.2. The molecule has 2 heterocycles. The molecule has 1 saturated heterocycles. The van der Waals surface area contributed by atoms with Gasteiger partial charge in [-0.05, 0) is 61.4 Å². The first-order valence-electron chi connectivity index (χ1n) is 9.62. The number of nitrogens with one attached hydrogen (secondary N) is 1. The molecule has 28 heavy (non-hydrogen) atoms. The molecule has 5 heteroatoms. The first-order chi connectivity index (χ1) is 13.7. The Kier molecular flexibility index (Phi) is 5.24. The van der Waals surface area contributed by atoms with Gasteiger partial charge in [0.15, 0.2) is 0 Å². The van der Waals surface area contributed by atoms with Gasteiger partial charge >= 0.3 is 0 Å². The van der Waals surface area contributed by atoms with Gasteiger partial charge in [0, 0.05) is 49.1 Å². The Morgan fingerprint density at radius 3 is 2.39 bits per heavy atom. The van der Waals surface area contributed by atoms with E-state index in [1.165, 1.54) is 18.5 Å². The smallest absolute Gasteiger partial charge is 0.276 e. The van der Waals surface area contributed by atoms with Crippen LogP contribution in [0.4, 0.5) is 22.7 Å². The maximum absolute atomic E-state index is 12.8. The van der Waals surface area contributed by atoms with Gasteiger partial charge in [-0.1, -0.05) is 18.2 Å². The van der Waals surface area contributed by atoms with E-state index in [9.17, 15) is 4.79 Å². The van der Waals surface area contributed by atoms with Crippen LogP contribution in [-0.4, -0.2) is 31.0 Å². The highest BCUT2D eigenvalue weighted by Crippen LogP contribution is 2.24. The van der Waals surface area contributed by atoms with Crippen LogP contribution in [0.25, 0.3) is 0 Å². The summed E-state index contributed by atoms with van der Waals surface area (Å²) in [7, 11) is 1.76. The first kappa shape index (κ1) is 18.0. The molecule has 1 N–H and O–H groups in total. The molecule has 4 rings (SSSR count). The molecule has 0 unspecified atom stereocenters. The Morgan fingerprint density at radius 1 is 0.964 bits per heavy atom. The van der Waals surface area contributed by atoms with Crippen LogP contribution >= 0.6 is 0 Å². The molecule has 0 radical (unpaired) electrons. The number of carbonyl (C=O) groups is 1. The molecule has 1 fully saturated rings. The molecule has 0 bridgehead atoms. The van der Waals surface area contributed by atoms with E-state index in [1.54, 1.807) is 24.2 Å². The molecule has 0 aliphatic carbocycles. The van der Waals surface area contributed by atoms with Gasteiger partial charge in [0.2, 0.25) is 0 Å². The highest BCUT2D eigenvalue weighted by molar-refractivity contribution is 6.04. The van der Waals surface area contributed by atoms with Crippen molar-refractivity contribution >= 4 is 28.7 Å². The number of amides is 1. The minimum absolute atomic E-state index is 0.140. The van der Waals surface area contributed by atoms with Crippen molar-refractivity contribution in [2.24, 2.45) is 0 Å². The summed E-state index contributed by atoms with van der Waals surface area (Å²) in [6, 6.07) is 21.7. The maximum Gasteiger partial charge on any atom is 0.276 e. The predicted molar refractivity (Wildman–Crippen MR) is 115 cm³/mol. The number of aromatic nitrogens is 1. The molecule has 2 aromatic carbocycles. The van der Waals surface area contributed by atoms with Gasteiger partial charge in [0.25, 0.3) is 5.91 Å². The van der Waals surface area contributed by atoms with E-state index in [2.05, 4.69) is 39.5 Å². The molecule has 0 atom stereocenters. The average Bonchev–Trinajstić information content (AvgIpc) is 3.29. The largest absolute Gasteiger partial charge is 0.372 e. The zero-order valence-corrected chi connectivity index (χ0v) is 16.0. The summed E-state index contributed by atoms with van der Waals surface area (Å²) in [6.45, 7) is 2.27.